The average molecular weight is 193 g/mol. The molecule has 0 radical (unpaired) electrons. The lowest BCUT2D eigenvalue weighted by atomic mass is 9.92. The molecule has 2 fully saturated rings. The highest BCUT2D eigenvalue weighted by Gasteiger charge is 2.35. The van der Waals surface area contributed by atoms with Crippen LogP contribution < -0.4 is 10.2 Å². The number of nitrogens with zero attached hydrogens (tertiary/aromatic N) is 3. The van der Waals surface area contributed by atoms with E-state index in [4.69, 9.17) is 0 Å². The Labute approximate surface area is 82.9 Å². The molecule has 2 N–H and O–H groups in total. The van der Waals surface area contributed by atoms with Gasteiger partial charge in [0.25, 0.3) is 0 Å². The summed E-state index contributed by atoms with van der Waals surface area (Å²) in [6.07, 6.45) is 4.20. The summed E-state index contributed by atoms with van der Waals surface area (Å²) in [6.45, 7) is 3.36. The Morgan fingerprint density at radius 2 is 2.43 bits per heavy atom. The van der Waals surface area contributed by atoms with Crippen LogP contribution in [0.25, 0.3) is 0 Å². The third-order valence-electron chi connectivity index (χ3n) is 3.35. The van der Waals surface area contributed by atoms with Crippen LogP contribution in [0.1, 0.15) is 12.8 Å². The van der Waals surface area contributed by atoms with Gasteiger partial charge < -0.3 is 10.2 Å². The van der Waals surface area contributed by atoms with Crippen molar-refractivity contribution in [1.82, 2.24) is 20.5 Å². The molecule has 1 aromatic heterocycles. The molecule has 3 heterocycles. The van der Waals surface area contributed by atoms with Crippen LogP contribution in [0.5, 0.6) is 0 Å². The summed E-state index contributed by atoms with van der Waals surface area (Å²) >= 11 is 0. The Bertz CT molecular complexity index is 296. The maximum atomic E-state index is 4.23. The van der Waals surface area contributed by atoms with Crippen LogP contribution in [-0.2, 0) is 0 Å². The van der Waals surface area contributed by atoms with Crippen molar-refractivity contribution in [3.8, 4) is 0 Å². The van der Waals surface area contributed by atoms with E-state index in [1.54, 1.807) is 6.33 Å². The molecule has 5 nitrogen and oxygen atoms in total. The lowest BCUT2D eigenvalue weighted by Gasteiger charge is -2.36. The van der Waals surface area contributed by atoms with E-state index >= 15 is 0 Å². The largest absolute Gasteiger partial charge is 0.337 e. The van der Waals surface area contributed by atoms with Crippen molar-refractivity contribution in [3.05, 3.63) is 6.33 Å². The summed E-state index contributed by atoms with van der Waals surface area (Å²) in [5.74, 6) is 1.73. The van der Waals surface area contributed by atoms with Crippen molar-refractivity contribution < 1.29 is 0 Å². The molecule has 0 saturated carbocycles. The van der Waals surface area contributed by atoms with Gasteiger partial charge in [0.05, 0.1) is 0 Å². The number of piperidine rings is 1. The van der Waals surface area contributed by atoms with Crippen molar-refractivity contribution in [2.75, 3.05) is 24.5 Å². The minimum atomic E-state index is 0.622. The van der Waals surface area contributed by atoms with E-state index in [-0.39, 0.29) is 0 Å². The fourth-order valence-electron chi connectivity index (χ4n) is 2.67. The second kappa shape index (κ2) is 3.24. The summed E-state index contributed by atoms with van der Waals surface area (Å²) in [7, 11) is 0. The number of anilines is 1. The molecular formula is C9H15N5. The van der Waals surface area contributed by atoms with E-state index in [2.05, 4.69) is 25.4 Å². The molecule has 5 heteroatoms. The summed E-state index contributed by atoms with van der Waals surface area (Å²) in [5.41, 5.74) is 0. The van der Waals surface area contributed by atoms with Gasteiger partial charge in [-0.2, -0.15) is 10.1 Å². The van der Waals surface area contributed by atoms with Gasteiger partial charge in [0, 0.05) is 25.7 Å². The molecule has 0 aromatic carbocycles. The molecule has 2 atom stereocenters. The third-order valence-corrected chi connectivity index (χ3v) is 3.35. The Balaban J connectivity index is 1.84. The van der Waals surface area contributed by atoms with Crippen LogP contribution in [0, 0.1) is 5.92 Å². The highest BCUT2D eigenvalue weighted by atomic mass is 15.4. The molecule has 2 saturated heterocycles. The van der Waals surface area contributed by atoms with E-state index < -0.39 is 0 Å². The maximum Gasteiger partial charge on any atom is 0.221 e. The number of hydrogen-bond acceptors (Lipinski definition) is 4. The van der Waals surface area contributed by atoms with Crippen molar-refractivity contribution in [1.29, 1.82) is 0 Å². The fraction of sp³-hybridized carbons (Fsp3) is 0.778. The van der Waals surface area contributed by atoms with E-state index in [1.165, 1.54) is 12.8 Å². The Hall–Kier alpha value is -1.10. The van der Waals surface area contributed by atoms with Gasteiger partial charge in [-0.3, -0.25) is 0 Å². The number of fused-ring (bicyclic) bond motifs is 1. The van der Waals surface area contributed by atoms with Gasteiger partial charge in [0.1, 0.15) is 6.33 Å². The molecule has 2 unspecified atom stereocenters. The normalized spacial score (nSPS) is 31.9. The molecule has 0 bridgehead atoms. The topological polar surface area (TPSA) is 56.8 Å². The number of rotatable bonds is 1. The predicted octanol–water partition coefficient (Wildman–Crippen LogP) is -0.00710. The molecular weight excluding hydrogens is 178 g/mol. The van der Waals surface area contributed by atoms with E-state index in [9.17, 15) is 0 Å². The van der Waals surface area contributed by atoms with Crippen LogP contribution in [-0.4, -0.2) is 40.9 Å². The minimum Gasteiger partial charge on any atom is -0.337 e. The highest BCUT2D eigenvalue weighted by Crippen LogP contribution is 2.28. The first kappa shape index (κ1) is 8.23. The van der Waals surface area contributed by atoms with Gasteiger partial charge in [-0.15, -0.1) is 0 Å². The molecule has 0 spiro atoms. The SMILES string of the molecule is c1n[nH]c(N2CCCC3CNCC32)n1. The first-order valence-electron chi connectivity index (χ1n) is 5.28. The number of aromatic nitrogens is 3. The van der Waals surface area contributed by atoms with Crippen molar-refractivity contribution >= 4 is 5.95 Å². The standard InChI is InChI=1S/C9H15N5/c1-2-7-4-10-5-8(7)14(3-1)9-11-6-12-13-9/h6-8,10H,1-5H2,(H,11,12,13). The molecule has 3 rings (SSSR count). The lowest BCUT2D eigenvalue weighted by molar-refractivity contribution is 0.381. The molecule has 2 aliphatic rings. The number of hydrogen-bond donors (Lipinski definition) is 2. The van der Waals surface area contributed by atoms with Crippen molar-refractivity contribution in [2.24, 2.45) is 5.92 Å². The molecule has 14 heavy (non-hydrogen) atoms. The zero-order valence-electron chi connectivity index (χ0n) is 8.11. The predicted molar refractivity (Wildman–Crippen MR) is 53.1 cm³/mol. The second-order valence-corrected chi connectivity index (χ2v) is 4.13. The van der Waals surface area contributed by atoms with Crippen LogP contribution in [0.15, 0.2) is 6.33 Å². The van der Waals surface area contributed by atoms with E-state index in [0.29, 0.717) is 6.04 Å². The van der Waals surface area contributed by atoms with Crippen LogP contribution in [0.3, 0.4) is 0 Å². The van der Waals surface area contributed by atoms with Gasteiger partial charge in [0.2, 0.25) is 5.95 Å². The first-order chi connectivity index (χ1) is 6.95. The third kappa shape index (κ3) is 1.19. The smallest absolute Gasteiger partial charge is 0.221 e. The lowest BCUT2D eigenvalue weighted by Crippen LogP contribution is -2.45. The minimum absolute atomic E-state index is 0.622. The Morgan fingerprint density at radius 1 is 1.43 bits per heavy atom. The number of aromatic amines is 1. The van der Waals surface area contributed by atoms with Crippen LogP contribution in [0.4, 0.5) is 5.95 Å². The maximum absolute atomic E-state index is 4.23. The molecule has 1 aromatic rings. The molecule has 0 amide bonds. The summed E-state index contributed by atoms with van der Waals surface area (Å²) in [5, 5.41) is 10.3. The average Bonchev–Trinajstić information content (AvgIpc) is 2.88. The highest BCUT2D eigenvalue weighted by molar-refractivity contribution is 5.32. The number of nitrogens with one attached hydrogen (secondary N) is 2. The van der Waals surface area contributed by atoms with Gasteiger partial charge >= 0.3 is 0 Å². The summed E-state index contributed by atoms with van der Waals surface area (Å²) in [6, 6.07) is 0.622. The van der Waals surface area contributed by atoms with Crippen molar-refractivity contribution in [2.45, 2.75) is 18.9 Å². The zero-order chi connectivity index (χ0) is 9.38. The van der Waals surface area contributed by atoms with Gasteiger partial charge in [-0.05, 0) is 18.8 Å². The molecule has 2 aliphatic heterocycles. The van der Waals surface area contributed by atoms with Crippen LogP contribution in [0.2, 0.25) is 0 Å². The molecule has 76 valence electrons. The number of H-pyrrole nitrogens is 1. The first-order valence-corrected chi connectivity index (χ1v) is 5.28. The summed E-state index contributed by atoms with van der Waals surface area (Å²) in [4.78, 5) is 6.59. The van der Waals surface area contributed by atoms with Gasteiger partial charge in [-0.25, -0.2) is 5.10 Å². The van der Waals surface area contributed by atoms with Crippen LogP contribution >= 0.6 is 0 Å². The fourth-order valence-corrected chi connectivity index (χ4v) is 2.67. The monoisotopic (exact) mass is 193 g/mol. The Morgan fingerprint density at radius 3 is 3.29 bits per heavy atom. The quantitative estimate of drug-likeness (QED) is 0.659. The second-order valence-electron chi connectivity index (χ2n) is 4.13. The summed E-state index contributed by atoms with van der Waals surface area (Å²) < 4.78 is 0. The van der Waals surface area contributed by atoms with Gasteiger partial charge in [-0.1, -0.05) is 0 Å². The van der Waals surface area contributed by atoms with E-state index in [0.717, 1.165) is 31.5 Å². The van der Waals surface area contributed by atoms with E-state index in [1.807, 2.05) is 0 Å². The van der Waals surface area contributed by atoms with Gasteiger partial charge in [0.15, 0.2) is 0 Å². The molecule has 0 aliphatic carbocycles. The van der Waals surface area contributed by atoms with Crippen molar-refractivity contribution in [3.63, 3.8) is 0 Å². The zero-order valence-corrected chi connectivity index (χ0v) is 8.11. The Kier molecular flexibility index (Phi) is 1.90.